The van der Waals surface area contributed by atoms with E-state index in [-0.39, 0.29) is 23.4 Å². The molecular weight excluding hydrogens is 404 g/mol. The minimum absolute atomic E-state index is 0.173. The Labute approximate surface area is 176 Å². The van der Waals surface area contributed by atoms with Crippen molar-refractivity contribution in [1.82, 2.24) is 9.62 Å². The van der Waals surface area contributed by atoms with Crippen molar-refractivity contribution < 1.29 is 13.2 Å². The van der Waals surface area contributed by atoms with E-state index in [2.05, 4.69) is 5.32 Å². The lowest BCUT2D eigenvalue weighted by Crippen LogP contribution is -2.39. The fourth-order valence-electron chi connectivity index (χ4n) is 3.06. The number of hydrogen-bond donors (Lipinski definition) is 1. The van der Waals surface area contributed by atoms with Gasteiger partial charge in [0.25, 0.3) is 0 Å². The van der Waals surface area contributed by atoms with E-state index < -0.39 is 10.0 Å². The monoisotopic (exact) mass is 428 g/mol. The maximum atomic E-state index is 12.9. The standard InChI is InChI=1S/C22H24N2O3S2/c1-16(17-8-11-20(28-3)12-9-17)23-22(25)15-24(2)29(26,27)21-13-10-18-6-4-5-7-19(18)14-21/h4-14,16H,15H2,1-3H3,(H,23,25)/t16-/m0/s1. The Morgan fingerprint density at radius 3 is 2.34 bits per heavy atom. The van der Waals surface area contributed by atoms with Gasteiger partial charge in [0.05, 0.1) is 17.5 Å². The third-order valence-electron chi connectivity index (χ3n) is 4.79. The van der Waals surface area contributed by atoms with E-state index in [1.54, 1.807) is 30.0 Å². The van der Waals surface area contributed by atoms with Crippen LogP contribution in [0.4, 0.5) is 0 Å². The summed E-state index contributed by atoms with van der Waals surface area (Å²) >= 11 is 1.65. The zero-order chi connectivity index (χ0) is 21.0. The van der Waals surface area contributed by atoms with Crippen molar-refractivity contribution >= 4 is 38.5 Å². The maximum absolute atomic E-state index is 12.9. The predicted molar refractivity (Wildman–Crippen MR) is 119 cm³/mol. The molecule has 0 saturated heterocycles. The minimum Gasteiger partial charge on any atom is -0.348 e. The summed E-state index contributed by atoms with van der Waals surface area (Å²) in [6, 6.07) is 20.3. The van der Waals surface area contributed by atoms with Crippen LogP contribution in [-0.4, -0.2) is 38.5 Å². The highest BCUT2D eigenvalue weighted by Gasteiger charge is 2.24. The van der Waals surface area contributed by atoms with E-state index in [9.17, 15) is 13.2 Å². The molecule has 0 heterocycles. The second kappa shape index (κ2) is 8.98. The Bertz CT molecular complexity index is 1110. The number of rotatable bonds is 7. The molecule has 1 amide bonds. The number of likely N-dealkylation sites (N-methyl/N-ethyl adjacent to an activating group) is 1. The largest absolute Gasteiger partial charge is 0.348 e. The quantitative estimate of drug-likeness (QED) is 0.577. The summed E-state index contributed by atoms with van der Waals surface area (Å²) in [4.78, 5) is 13.7. The predicted octanol–water partition coefficient (Wildman–Crippen LogP) is 4.06. The van der Waals surface area contributed by atoms with E-state index in [0.29, 0.717) is 0 Å². The second-order valence-corrected chi connectivity index (χ2v) is 9.76. The second-order valence-electron chi connectivity index (χ2n) is 6.83. The number of carbonyl (C=O) groups is 1. The Hall–Kier alpha value is -2.35. The topological polar surface area (TPSA) is 66.5 Å². The summed E-state index contributed by atoms with van der Waals surface area (Å²) in [5, 5.41) is 4.67. The van der Waals surface area contributed by atoms with Gasteiger partial charge in [-0.25, -0.2) is 8.42 Å². The van der Waals surface area contributed by atoms with Gasteiger partial charge >= 0.3 is 0 Å². The molecule has 0 aliphatic carbocycles. The maximum Gasteiger partial charge on any atom is 0.243 e. The van der Waals surface area contributed by atoms with Crippen molar-refractivity contribution in [3.8, 4) is 0 Å². The molecule has 1 atom stereocenters. The van der Waals surface area contributed by atoms with Gasteiger partial charge in [0.1, 0.15) is 0 Å². The molecule has 0 fully saturated rings. The lowest BCUT2D eigenvalue weighted by atomic mass is 10.1. The van der Waals surface area contributed by atoms with Crippen LogP contribution in [0.15, 0.2) is 76.5 Å². The van der Waals surface area contributed by atoms with Crippen LogP contribution in [0.25, 0.3) is 10.8 Å². The Kier molecular flexibility index (Phi) is 6.62. The zero-order valence-electron chi connectivity index (χ0n) is 16.6. The zero-order valence-corrected chi connectivity index (χ0v) is 18.3. The smallest absolute Gasteiger partial charge is 0.243 e. The number of carbonyl (C=O) groups excluding carboxylic acids is 1. The van der Waals surface area contributed by atoms with Crippen LogP contribution in [0.5, 0.6) is 0 Å². The number of amides is 1. The number of thioether (sulfide) groups is 1. The van der Waals surface area contributed by atoms with E-state index in [1.165, 1.54) is 7.05 Å². The summed E-state index contributed by atoms with van der Waals surface area (Å²) < 4.78 is 26.8. The van der Waals surface area contributed by atoms with Crippen molar-refractivity contribution in [1.29, 1.82) is 0 Å². The Morgan fingerprint density at radius 2 is 1.69 bits per heavy atom. The SMILES string of the molecule is CSc1ccc([C@H](C)NC(=O)CN(C)S(=O)(=O)c2ccc3ccccc3c2)cc1. The fourth-order valence-corrected chi connectivity index (χ4v) is 4.63. The molecule has 0 unspecified atom stereocenters. The first-order valence-corrected chi connectivity index (χ1v) is 11.9. The first-order chi connectivity index (χ1) is 13.8. The van der Waals surface area contributed by atoms with Gasteiger partial charge < -0.3 is 5.32 Å². The summed E-state index contributed by atoms with van der Waals surface area (Å²) in [6.45, 7) is 1.63. The average Bonchev–Trinajstić information content (AvgIpc) is 2.73. The van der Waals surface area contributed by atoms with Crippen molar-refractivity contribution in [2.45, 2.75) is 22.8 Å². The van der Waals surface area contributed by atoms with Crippen LogP contribution in [0.2, 0.25) is 0 Å². The Balaban J connectivity index is 1.68. The first-order valence-electron chi connectivity index (χ1n) is 9.19. The van der Waals surface area contributed by atoms with Gasteiger partial charge in [-0.1, -0.05) is 42.5 Å². The highest BCUT2D eigenvalue weighted by Crippen LogP contribution is 2.22. The van der Waals surface area contributed by atoms with Crippen LogP contribution in [0.3, 0.4) is 0 Å². The Morgan fingerprint density at radius 1 is 1.03 bits per heavy atom. The first kappa shape index (κ1) is 21.4. The molecule has 5 nitrogen and oxygen atoms in total. The lowest BCUT2D eigenvalue weighted by Gasteiger charge is -2.20. The summed E-state index contributed by atoms with van der Waals surface area (Å²) in [7, 11) is -2.35. The number of benzene rings is 3. The molecule has 3 aromatic carbocycles. The number of hydrogen-bond acceptors (Lipinski definition) is 4. The molecule has 29 heavy (non-hydrogen) atoms. The normalized spacial score (nSPS) is 12.8. The van der Waals surface area contributed by atoms with Crippen LogP contribution < -0.4 is 5.32 Å². The summed E-state index contributed by atoms with van der Waals surface area (Å²) in [5.74, 6) is -0.349. The average molecular weight is 429 g/mol. The third-order valence-corrected chi connectivity index (χ3v) is 7.33. The molecule has 152 valence electrons. The number of sulfonamides is 1. The lowest BCUT2D eigenvalue weighted by molar-refractivity contribution is -0.121. The van der Waals surface area contributed by atoms with Crippen molar-refractivity contribution in [3.63, 3.8) is 0 Å². The molecule has 3 aromatic rings. The molecule has 0 aliphatic heterocycles. The van der Waals surface area contributed by atoms with Gasteiger partial charge in [-0.15, -0.1) is 11.8 Å². The van der Waals surface area contributed by atoms with Crippen LogP contribution in [-0.2, 0) is 14.8 Å². The minimum atomic E-state index is -3.77. The molecule has 0 bridgehead atoms. The molecule has 7 heteroatoms. The number of nitrogens with zero attached hydrogens (tertiary/aromatic N) is 1. The fraction of sp³-hybridized carbons (Fsp3) is 0.227. The van der Waals surface area contributed by atoms with Crippen molar-refractivity contribution in [2.24, 2.45) is 0 Å². The van der Waals surface area contributed by atoms with Gasteiger partial charge in [0, 0.05) is 11.9 Å². The van der Waals surface area contributed by atoms with Crippen molar-refractivity contribution in [3.05, 3.63) is 72.3 Å². The van der Waals surface area contributed by atoms with Gasteiger partial charge in [-0.3, -0.25) is 4.79 Å². The molecule has 0 saturated carbocycles. The molecular formula is C22H24N2O3S2. The summed E-state index contributed by atoms with van der Waals surface area (Å²) in [5.41, 5.74) is 0.969. The molecule has 0 spiro atoms. The molecule has 3 rings (SSSR count). The number of fused-ring (bicyclic) bond motifs is 1. The van der Waals surface area contributed by atoms with Gasteiger partial charge in [0.2, 0.25) is 15.9 Å². The van der Waals surface area contributed by atoms with Gasteiger partial charge in [-0.2, -0.15) is 4.31 Å². The molecule has 0 aliphatic rings. The number of nitrogens with one attached hydrogen (secondary N) is 1. The van der Waals surface area contributed by atoms with Crippen LogP contribution in [0.1, 0.15) is 18.5 Å². The van der Waals surface area contributed by atoms with E-state index in [0.717, 1.165) is 25.5 Å². The van der Waals surface area contributed by atoms with E-state index in [4.69, 9.17) is 0 Å². The highest BCUT2D eigenvalue weighted by atomic mass is 32.2. The summed E-state index contributed by atoms with van der Waals surface area (Å²) in [6.07, 6.45) is 2.01. The van der Waals surface area contributed by atoms with Crippen molar-refractivity contribution in [2.75, 3.05) is 19.8 Å². The molecule has 1 N–H and O–H groups in total. The van der Waals surface area contributed by atoms with Gasteiger partial charge in [0.15, 0.2) is 0 Å². The van der Waals surface area contributed by atoms with Gasteiger partial charge in [-0.05, 0) is 53.8 Å². The van der Waals surface area contributed by atoms with Crippen LogP contribution >= 0.6 is 11.8 Å². The molecule has 0 aromatic heterocycles. The highest BCUT2D eigenvalue weighted by molar-refractivity contribution is 7.98. The van der Waals surface area contributed by atoms with E-state index >= 15 is 0 Å². The van der Waals surface area contributed by atoms with Crippen LogP contribution in [0, 0.1) is 0 Å². The third kappa shape index (κ3) is 4.98. The van der Waals surface area contributed by atoms with E-state index in [1.807, 2.05) is 61.7 Å². The molecule has 0 radical (unpaired) electrons.